The Bertz CT molecular complexity index is 1140. The molecule has 0 saturated carbocycles. The molecule has 2 heterocycles. The van der Waals surface area contributed by atoms with Gasteiger partial charge in [0.05, 0.1) is 5.69 Å². The Morgan fingerprint density at radius 3 is 2.35 bits per heavy atom. The lowest BCUT2D eigenvalue weighted by Gasteiger charge is -2.27. The van der Waals surface area contributed by atoms with Gasteiger partial charge in [0.2, 0.25) is 5.54 Å². The first-order valence-corrected chi connectivity index (χ1v) is 10.1. The highest BCUT2D eigenvalue weighted by molar-refractivity contribution is 6.32. The van der Waals surface area contributed by atoms with Gasteiger partial charge in [-0.2, -0.15) is 0 Å². The second kappa shape index (κ2) is 7.55. The maximum absolute atomic E-state index is 13.6. The smallest absolute Gasteiger partial charge is 0.328 e. The van der Waals surface area contributed by atoms with E-state index in [2.05, 4.69) is 0 Å². The van der Waals surface area contributed by atoms with Gasteiger partial charge in [0.25, 0.3) is 11.8 Å². The van der Waals surface area contributed by atoms with E-state index in [-0.39, 0.29) is 22.8 Å². The molecular weight excluding hydrogens is 445 g/mol. The number of amides is 4. The summed E-state index contributed by atoms with van der Waals surface area (Å²) in [5.74, 6) is -2.77. The van der Waals surface area contributed by atoms with Crippen molar-refractivity contribution in [3.05, 3.63) is 63.6 Å². The number of halogens is 2. The van der Waals surface area contributed by atoms with Gasteiger partial charge in [-0.05, 0) is 42.3 Å². The Kier molecular flexibility index (Phi) is 5.15. The predicted molar refractivity (Wildman–Crippen MR) is 113 cm³/mol. The largest absolute Gasteiger partial charge is 0.480 e. The first-order chi connectivity index (χ1) is 14.7. The molecule has 0 radical (unpaired) electrons. The second-order valence-corrected chi connectivity index (χ2v) is 8.21. The normalized spacial score (nSPS) is 20.2. The van der Waals surface area contributed by atoms with Gasteiger partial charge in [-0.25, -0.2) is 4.79 Å². The van der Waals surface area contributed by atoms with Gasteiger partial charge in [0.15, 0.2) is 0 Å². The van der Waals surface area contributed by atoms with Crippen LogP contribution in [0.25, 0.3) is 0 Å². The van der Waals surface area contributed by atoms with Crippen molar-refractivity contribution >= 4 is 52.7 Å². The number of carboxylic acid groups (broad SMARTS) is 1. The monoisotopic (exact) mass is 461 g/mol. The Labute approximate surface area is 187 Å². The molecule has 1 atom stereocenters. The van der Waals surface area contributed by atoms with Crippen LogP contribution in [0.1, 0.15) is 11.1 Å². The van der Waals surface area contributed by atoms with Crippen LogP contribution < -0.4 is 4.90 Å². The first-order valence-electron chi connectivity index (χ1n) is 9.36. The summed E-state index contributed by atoms with van der Waals surface area (Å²) < 4.78 is 0. The van der Waals surface area contributed by atoms with Crippen LogP contribution in [0.15, 0.2) is 42.5 Å². The van der Waals surface area contributed by atoms with E-state index < -0.39 is 35.9 Å². The van der Waals surface area contributed by atoms with Crippen molar-refractivity contribution < 1.29 is 24.3 Å². The fourth-order valence-corrected chi connectivity index (χ4v) is 4.54. The number of carboxylic acids is 1. The van der Waals surface area contributed by atoms with Gasteiger partial charge >= 0.3 is 12.0 Å². The molecule has 4 rings (SSSR count). The molecular formula is C21H17Cl2N3O5. The Morgan fingerprint density at radius 1 is 1.00 bits per heavy atom. The Balaban J connectivity index is 1.74. The number of hydrogen-bond acceptors (Lipinski definition) is 4. The zero-order chi connectivity index (χ0) is 22.5. The average Bonchev–Trinajstić information content (AvgIpc) is 3.05. The summed E-state index contributed by atoms with van der Waals surface area (Å²) in [7, 11) is 1.35. The quantitative estimate of drug-likeness (QED) is 0.545. The van der Waals surface area contributed by atoms with E-state index in [0.717, 1.165) is 20.3 Å². The standard InChI is InChI=1S/C21H17Cl2N3O5/c1-24-20(31)25(8-7-12-3-2-4-13(22)9-12)18(29)21(24)15-10-14(23)5-6-16(15)26(19(21)30)11-17(27)28/h2-6,9-10H,7-8,11H2,1H3,(H,27,28)/t21-/m0/s1. The number of urea groups is 1. The third kappa shape index (κ3) is 3.14. The topological polar surface area (TPSA) is 98.2 Å². The minimum atomic E-state index is -1.99. The van der Waals surface area contributed by atoms with Crippen molar-refractivity contribution in [2.45, 2.75) is 12.0 Å². The molecule has 0 unspecified atom stereocenters. The summed E-state index contributed by atoms with van der Waals surface area (Å²) >= 11 is 12.1. The van der Waals surface area contributed by atoms with Crippen molar-refractivity contribution in [2.24, 2.45) is 0 Å². The number of carbonyl (C=O) groups is 4. The molecule has 31 heavy (non-hydrogen) atoms. The molecule has 1 saturated heterocycles. The van der Waals surface area contributed by atoms with Crippen LogP contribution in [0.4, 0.5) is 10.5 Å². The molecule has 0 aromatic heterocycles. The van der Waals surface area contributed by atoms with Gasteiger partial charge in [0, 0.05) is 29.2 Å². The van der Waals surface area contributed by atoms with Gasteiger partial charge < -0.3 is 10.0 Å². The molecule has 2 aromatic carbocycles. The fraction of sp³-hybridized carbons (Fsp3) is 0.238. The summed E-state index contributed by atoms with van der Waals surface area (Å²) in [4.78, 5) is 54.4. The van der Waals surface area contributed by atoms with E-state index in [0.29, 0.717) is 11.4 Å². The molecule has 0 aliphatic carbocycles. The summed E-state index contributed by atoms with van der Waals surface area (Å²) in [6, 6.07) is 10.8. The van der Waals surface area contributed by atoms with E-state index in [1.54, 1.807) is 18.2 Å². The van der Waals surface area contributed by atoms with Crippen molar-refractivity contribution in [3.8, 4) is 0 Å². The molecule has 4 amide bonds. The van der Waals surface area contributed by atoms with Gasteiger partial charge in [-0.3, -0.25) is 24.2 Å². The number of hydrogen-bond donors (Lipinski definition) is 1. The van der Waals surface area contributed by atoms with Crippen LogP contribution in [0.5, 0.6) is 0 Å². The van der Waals surface area contributed by atoms with E-state index in [4.69, 9.17) is 23.2 Å². The van der Waals surface area contributed by atoms with Gasteiger partial charge in [0.1, 0.15) is 6.54 Å². The maximum atomic E-state index is 13.6. The van der Waals surface area contributed by atoms with Crippen molar-refractivity contribution in [1.82, 2.24) is 9.80 Å². The highest BCUT2D eigenvalue weighted by atomic mass is 35.5. The number of rotatable bonds is 5. The molecule has 2 aliphatic rings. The zero-order valence-electron chi connectivity index (χ0n) is 16.3. The van der Waals surface area contributed by atoms with Crippen molar-refractivity contribution in [3.63, 3.8) is 0 Å². The van der Waals surface area contributed by atoms with Crippen molar-refractivity contribution in [2.75, 3.05) is 25.0 Å². The Morgan fingerprint density at radius 2 is 1.68 bits per heavy atom. The molecule has 2 aromatic rings. The SMILES string of the molecule is CN1C(=O)N(CCc2cccc(Cl)c2)C(=O)[C@@]12C(=O)N(CC(=O)O)c1ccc(Cl)cc12. The number of carbonyl (C=O) groups excluding carboxylic acids is 3. The summed E-state index contributed by atoms with van der Waals surface area (Å²) in [6.07, 6.45) is 0.345. The van der Waals surface area contributed by atoms with Crippen LogP contribution in [0.3, 0.4) is 0 Å². The number of likely N-dealkylation sites (N-methyl/N-ethyl adjacent to an activating group) is 1. The molecule has 8 nitrogen and oxygen atoms in total. The minimum Gasteiger partial charge on any atom is -0.480 e. The molecule has 1 spiro atoms. The van der Waals surface area contributed by atoms with E-state index in [1.807, 2.05) is 6.07 Å². The van der Waals surface area contributed by atoms with Gasteiger partial charge in [-0.1, -0.05) is 35.3 Å². The van der Waals surface area contributed by atoms with Crippen LogP contribution in [-0.4, -0.2) is 58.9 Å². The predicted octanol–water partition coefficient (Wildman–Crippen LogP) is 2.76. The third-order valence-corrected chi connectivity index (χ3v) is 6.05. The van der Waals surface area contributed by atoms with Gasteiger partial charge in [-0.15, -0.1) is 0 Å². The number of nitrogens with zero attached hydrogens (tertiary/aromatic N) is 3. The number of fused-ring (bicyclic) bond motifs is 2. The fourth-order valence-electron chi connectivity index (χ4n) is 4.16. The molecule has 2 aliphatic heterocycles. The highest BCUT2D eigenvalue weighted by Crippen LogP contribution is 2.48. The van der Waals surface area contributed by atoms with Crippen molar-refractivity contribution in [1.29, 1.82) is 0 Å². The summed E-state index contributed by atoms with van der Waals surface area (Å²) in [5.41, 5.74) is -0.731. The van der Waals surface area contributed by atoms with Crippen LogP contribution >= 0.6 is 23.2 Å². The number of benzene rings is 2. The molecule has 0 bridgehead atoms. The molecule has 1 fully saturated rings. The third-order valence-electron chi connectivity index (χ3n) is 5.58. The number of aliphatic carboxylic acids is 1. The second-order valence-electron chi connectivity index (χ2n) is 7.34. The summed E-state index contributed by atoms with van der Waals surface area (Å²) in [6.45, 7) is -0.612. The molecule has 1 N–H and O–H groups in total. The van der Waals surface area contributed by atoms with Crippen LogP contribution in [0.2, 0.25) is 10.0 Å². The Hall–Kier alpha value is -3.10. The van der Waals surface area contributed by atoms with E-state index >= 15 is 0 Å². The maximum Gasteiger partial charge on any atom is 0.328 e. The number of anilines is 1. The van der Waals surface area contributed by atoms with E-state index in [9.17, 15) is 24.3 Å². The zero-order valence-corrected chi connectivity index (χ0v) is 17.9. The molecule has 160 valence electrons. The van der Waals surface area contributed by atoms with Crippen LogP contribution in [-0.2, 0) is 26.3 Å². The average molecular weight is 462 g/mol. The summed E-state index contributed by atoms with van der Waals surface area (Å²) in [5, 5.41) is 10.1. The number of imide groups is 1. The lowest BCUT2D eigenvalue weighted by atomic mass is 9.90. The minimum absolute atomic E-state index is 0.0339. The van der Waals surface area contributed by atoms with Crippen LogP contribution in [0, 0.1) is 0 Å². The highest BCUT2D eigenvalue weighted by Gasteiger charge is 2.67. The molecule has 10 heteroatoms. The lowest BCUT2D eigenvalue weighted by Crippen LogP contribution is -2.53. The van der Waals surface area contributed by atoms with E-state index in [1.165, 1.54) is 25.2 Å². The first kappa shape index (κ1) is 21.1. The lowest BCUT2D eigenvalue weighted by molar-refractivity contribution is -0.143.